The molecule has 0 aliphatic rings. The van der Waals surface area contributed by atoms with Crippen LogP contribution in [0.2, 0.25) is 0 Å². The summed E-state index contributed by atoms with van der Waals surface area (Å²) in [4.78, 5) is -0.959. The fraction of sp³-hybridized carbons (Fsp3) is 0.143. The van der Waals surface area contributed by atoms with Gasteiger partial charge in [0.25, 0.3) is 9.05 Å². The van der Waals surface area contributed by atoms with Crippen molar-refractivity contribution in [3.63, 3.8) is 0 Å². The third-order valence-electron chi connectivity index (χ3n) is 1.55. The Kier molecular flexibility index (Phi) is 2.88. The van der Waals surface area contributed by atoms with Crippen molar-refractivity contribution in [1.29, 1.82) is 0 Å². The molecule has 0 saturated heterocycles. The highest BCUT2D eigenvalue weighted by Crippen LogP contribution is 2.34. The number of phenols is 1. The number of halogens is 4. The highest BCUT2D eigenvalue weighted by Gasteiger charge is 2.32. The molecule has 0 spiro atoms. The number of hydrogen-bond donors (Lipinski definition) is 1. The number of rotatable bonds is 1. The van der Waals surface area contributed by atoms with Gasteiger partial charge in [-0.25, -0.2) is 8.42 Å². The summed E-state index contributed by atoms with van der Waals surface area (Å²) in [6, 6.07) is 1.46. The second-order valence-corrected chi connectivity index (χ2v) is 5.15. The van der Waals surface area contributed by atoms with Crippen LogP contribution in [0.25, 0.3) is 0 Å². The van der Waals surface area contributed by atoms with E-state index < -0.39 is 31.4 Å². The first-order valence-corrected chi connectivity index (χ1v) is 5.78. The zero-order valence-electron chi connectivity index (χ0n) is 6.92. The van der Waals surface area contributed by atoms with Crippen molar-refractivity contribution in [3.8, 4) is 5.75 Å². The highest BCUT2D eigenvalue weighted by molar-refractivity contribution is 8.13. The Morgan fingerprint density at radius 1 is 1.27 bits per heavy atom. The van der Waals surface area contributed by atoms with Gasteiger partial charge in [0.1, 0.15) is 10.6 Å². The lowest BCUT2D eigenvalue weighted by molar-refractivity contribution is -0.137. The van der Waals surface area contributed by atoms with Gasteiger partial charge in [-0.15, -0.1) is 0 Å². The van der Waals surface area contributed by atoms with Crippen molar-refractivity contribution in [2.75, 3.05) is 0 Å². The van der Waals surface area contributed by atoms with Crippen LogP contribution in [0.15, 0.2) is 23.1 Å². The Hall–Kier alpha value is -0.950. The summed E-state index contributed by atoms with van der Waals surface area (Å²) in [5, 5.41) is 9.01. The SMILES string of the molecule is O=S(=O)(Cl)c1cc(C(F)(F)F)ccc1O. The maximum absolute atomic E-state index is 12.2. The maximum Gasteiger partial charge on any atom is 0.416 e. The van der Waals surface area contributed by atoms with Crippen molar-refractivity contribution in [1.82, 2.24) is 0 Å². The van der Waals surface area contributed by atoms with Crippen LogP contribution in [0.1, 0.15) is 5.56 Å². The van der Waals surface area contributed by atoms with Gasteiger partial charge in [0, 0.05) is 10.7 Å². The Morgan fingerprint density at radius 2 is 1.80 bits per heavy atom. The Balaban J connectivity index is 3.43. The fourth-order valence-corrected chi connectivity index (χ4v) is 1.84. The molecule has 84 valence electrons. The molecule has 3 nitrogen and oxygen atoms in total. The number of alkyl halides is 3. The molecule has 1 rings (SSSR count). The minimum atomic E-state index is -4.69. The molecule has 0 saturated carbocycles. The van der Waals surface area contributed by atoms with Gasteiger partial charge in [0.15, 0.2) is 0 Å². The number of phenolic OH excluding ortho intramolecular Hbond substituents is 1. The average Bonchev–Trinajstić information content (AvgIpc) is 2.00. The third kappa shape index (κ3) is 2.75. The third-order valence-corrected chi connectivity index (χ3v) is 2.90. The average molecular weight is 261 g/mol. The molecular weight excluding hydrogens is 257 g/mol. The molecule has 0 amide bonds. The van der Waals surface area contributed by atoms with E-state index >= 15 is 0 Å². The summed E-state index contributed by atoms with van der Waals surface area (Å²) in [6.07, 6.45) is -4.69. The minimum Gasteiger partial charge on any atom is -0.507 e. The van der Waals surface area contributed by atoms with Crippen LogP contribution in [0.5, 0.6) is 5.75 Å². The topological polar surface area (TPSA) is 54.4 Å². The monoisotopic (exact) mass is 260 g/mol. The zero-order valence-corrected chi connectivity index (χ0v) is 8.49. The van der Waals surface area contributed by atoms with Gasteiger partial charge >= 0.3 is 6.18 Å². The zero-order chi connectivity index (χ0) is 11.9. The summed E-state index contributed by atoms with van der Waals surface area (Å²) in [6.45, 7) is 0. The largest absolute Gasteiger partial charge is 0.507 e. The fourth-order valence-electron chi connectivity index (χ4n) is 0.886. The van der Waals surface area contributed by atoms with Gasteiger partial charge in [-0.2, -0.15) is 13.2 Å². The molecule has 1 aromatic carbocycles. The Bertz CT molecular complexity index is 481. The Labute approximate surface area is 87.5 Å². The predicted octanol–water partition coefficient (Wildman–Crippen LogP) is 2.34. The molecule has 0 aromatic heterocycles. The van der Waals surface area contributed by atoms with Crippen LogP contribution >= 0.6 is 10.7 Å². The van der Waals surface area contributed by atoms with Gasteiger partial charge in [-0.1, -0.05) is 0 Å². The maximum atomic E-state index is 12.2. The van der Waals surface area contributed by atoms with Crippen LogP contribution in [-0.4, -0.2) is 13.5 Å². The molecule has 1 N–H and O–H groups in total. The van der Waals surface area contributed by atoms with Gasteiger partial charge in [-0.05, 0) is 18.2 Å². The lowest BCUT2D eigenvalue weighted by Crippen LogP contribution is -2.06. The van der Waals surface area contributed by atoms with Crippen molar-refractivity contribution >= 4 is 19.7 Å². The van der Waals surface area contributed by atoms with Gasteiger partial charge in [-0.3, -0.25) is 0 Å². The molecular formula is C7H4ClF3O3S. The van der Waals surface area contributed by atoms with Crippen LogP contribution in [0.3, 0.4) is 0 Å². The molecule has 8 heteroatoms. The molecule has 0 unspecified atom stereocenters. The molecule has 0 fully saturated rings. The first-order chi connectivity index (χ1) is 6.62. The van der Waals surface area contributed by atoms with E-state index in [2.05, 4.69) is 0 Å². The molecule has 1 aromatic rings. The van der Waals surface area contributed by atoms with Crippen molar-refractivity contribution < 1.29 is 26.7 Å². The predicted molar refractivity (Wildman–Crippen MR) is 46.1 cm³/mol. The number of hydrogen-bond acceptors (Lipinski definition) is 3. The minimum absolute atomic E-state index is 0.275. The second-order valence-electron chi connectivity index (χ2n) is 2.62. The van der Waals surface area contributed by atoms with Crippen LogP contribution < -0.4 is 0 Å². The lowest BCUT2D eigenvalue weighted by atomic mass is 10.2. The summed E-state index contributed by atoms with van der Waals surface area (Å²) < 4.78 is 58.0. The smallest absolute Gasteiger partial charge is 0.416 e. The Morgan fingerprint density at radius 3 is 2.20 bits per heavy atom. The first-order valence-electron chi connectivity index (χ1n) is 3.47. The van der Waals surface area contributed by atoms with Crippen LogP contribution in [0.4, 0.5) is 13.2 Å². The highest BCUT2D eigenvalue weighted by atomic mass is 35.7. The second kappa shape index (κ2) is 3.57. The van der Waals surface area contributed by atoms with E-state index in [1.54, 1.807) is 0 Å². The molecule has 0 bridgehead atoms. The van der Waals surface area contributed by atoms with Gasteiger partial charge in [0.2, 0.25) is 0 Å². The van der Waals surface area contributed by atoms with Gasteiger partial charge in [0.05, 0.1) is 5.56 Å². The van der Waals surface area contributed by atoms with E-state index in [0.29, 0.717) is 12.1 Å². The van der Waals surface area contributed by atoms with E-state index in [1.807, 2.05) is 0 Å². The van der Waals surface area contributed by atoms with Gasteiger partial charge < -0.3 is 5.11 Å². The first kappa shape index (κ1) is 12.1. The van der Waals surface area contributed by atoms with E-state index in [0.717, 1.165) is 0 Å². The normalized spacial score (nSPS) is 12.8. The van der Waals surface area contributed by atoms with E-state index in [9.17, 15) is 21.6 Å². The lowest BCUT2D eigenvalue weighted by Gasteiger charge is -2.08. The van der Waals surface area contributed by atoms with Crippen LogP contribution in [-0.2, 0) is 15.2 Å². The molecule has 0 atom stereocenters. The summed E-state index contributed by atoms with van der Waals surface area (Å²) in [5.74, 6) is -0.821. The standard InChI is InChI=1S/C7H4ClF3O3S/c8-15(13,14)6-3-4(7(9,10)11)1-2-5(6)12/h1-3,12H. The van der Waals surface area contributed by atoms with E-state index in [-0.39, 0.29) is 6.07 Å². The molecule has 15 heavy (non-hydrogen) atoms. The summed E-state index contributed by atoms with van der Waals surface area (Å²) >= 11 is 0. The van der Waals surface area contributed by atoms with Crippen molar-refractivity contribution in [2.45, 2.75) is 11.1 Å². The van der Waals surface area contributed by atoms with Crippen LogP contribution in [0, 0.1) is 0 Å². The molecule has 0 radical (unpaired) electrons. The van der Waals surface area contributed by atoms with E-state index in [4.69, 9.17) is 15.8 Å². The van der Waals surface area contributed by atoms with Crippen molar-refractivity contribution in [3.05, 3.63) is 23.8 Å². The number of benzene rings is 1. The molecule has 0 aliphatic heterocycles. The quantitative estimate of drug-likeness (QED) is 0.789. The number of aromatic hydroxyl groups is 1. The summed E-state index contributed by atoms with van der Waals surface area (Å²) in [5.41, 5.74) is -1.19. The van der Waals surface area contributed by atoms with E-state index in [1.165, 1.54) is 0 Å². The van der Waals surface area contributed by atoms with Crippen molar-refractivity contribution in [2.24, 2.45) is 0 Å². The molecule has 0 aliphatic carbocycles. The summed E-state index contributed by atoms with van der Waals surface area (Å²) in [7, 11) is 0.437. The molecule has 0 heterocycles.